The first-order valence-electron chi connectivity index (χ1n) is 4.31. The lowest BCUT2D eigenvalue weighted by molar-refractivity contribution is -0.0874. The van der Waals surface area contributed by atoms with E-state index in [0.717, 1.165) is 0 Å². The third kappa shape index (κ3) is 2.38. The largest absolute Gasteiger partial charge is 0.396 e. The van der Waals surface area contributed by atoms with E-state index in [1.165, 1.54) is 0 Å². The first-order chi connectivity index (χ1) is 6.18. The van der Waals surface area contributed by atoms with Gasteiger partial charge in [-0.3, -0.25) is 0 Å². The summed E-state index contributed by atoms with van der Waals surface area (Å²) < 4.78 is 4.90. The second-order valence-corrected chi connectivity index (χ2v) is 3.54. The summed E-state index contributed by atoms with van der Waals surface area (Å²) in [5.41, 5.74) is -1.20. The Kier molecular flexibility index (Phi) is 3.63. The molecule has 0 aromatic rings. The average Bonchev–Trinajstić information content (AvgIpc) is 2.92. The fourth-order valence-electron chi connectivity index (χ4n) is 1.17. The predicted molar refractivity (Wildman–Crippen MR) is 44.1 cm³/mol. The third-order valence-corrected chi connectivity index (χ3v) is 2.54. The molecule has 1 rings (SSSR count). The van der Waals surface area contributed by atoms with E-state index in [2.05, 4.69) is 0 Å². The van der Waals surface area contributed by atoms with Gasteiger partial charge in [0, 0.05) is 6.42 Å². The molecule has 1 heterocycles. The minimum Gasteiger partial charge on any atom is -0.396 e. The van der Waals surface area contributed by atoms with Crippen molar-refractivity contribution in [3.8, 4) is 0 Å². The van der Waals surface area contributed by atoms with Gasteiger partial charge in [0.05, 0.1) is 44.1 Å². The van der Waals surface area contributed by atoms with Crippen LogP contribution in [0, 0.1) is 5.41 Å². The topological polar surface area (TPSA) is 93.5 Å². The second-order valence-electron chi connectivity index (χ2n) is 3.54. The monoisotopic (exact) mass is 192 g/mol. The molecule has 1 aliphatic rings. The van der Waals surface area contributed by atoms with Crippen LogP contribution < -0.4 is 0 Å². The Morgan fingerprint density at radius 1 is 1.23 bits per heavy atom. The molecule has 0 spiro atoms. The Balaban J connectivity index is 2.49. The van der Waals surface area contributed by atoms with Crippen molar-refractivity contribution < 1.29 is 25.2 Å². The van der Waals surface area contributed by atoms with Crippen LogP contribution in [0.3, 0.4) is 0 Å². The van der Waals surface area contributed by atoms with E-state index in [0.29, 0.717) is 13.0 Å². The lowest BCUT2D eigenvalue weighted by atomic mass is 9.82. The lowest BCUT2D eigenvalue weighted by Gasteiger charge is -2.32. The van der Waals surface area contributed by atoms with Gasteiger partial charge in [-0.15, -0.1) is 0 Å². The van der Waals surface area contributed by atoms with Gasteiger partial charge in [-0.25, -0.2) is 0 Å². The van der Waals surface area contributed by atoms with E-state index in [1.807, 2.05) is 0 Å². The molecule has 78 valence electrons. The van der Waals surface area contributed by atoms with Gasteiger partial charge < -0.3 is 25.2 Å². The van der Waals surface area contributed by atoms with Crippen LogP contribution >= 0.6 is 0 Å². The van der Waals surface area contributed by atoms with Gasteiger partial charge in [0.25, 0.3) is 0 Å². The molecule has 5 nitrogen and oxygen atoms in total. The summed E-state index contributed by atoms with van der Waals surface area (Å²) in [5, 5.41) is 36.5. The molecule has 0 radical (unpaired) electrons. The minimum atomic E-state index is -1.20. The quantitative estimate of drug-likeness (QED) is 0.369. The molecule has 1 fully saturated rings. The molecule has 2 atom stereocenters. The highest BCUT2D eigenvalue weighted by atomic mass is 16.6. The van der Waals surface area contributed by atoms with Gasteiger partial charge in [-0.1, -0.05) is 0 Å². The molecule has 0 saturated carbocycles. The standard InChI is InChI=1S/C8H16O5/c9-3-8(4-10,5-11)7(12)1-6-2-13-6/h6-7,9-12H,1-5H2. The number of epoxide rings is 1. The molecular weight excluding hydrogens is 176 g/mol. The molecule has 0 aromatic carbocycles. The van der Waals surface area contributed by atoms with Crippen molar-refractivity contribution >= 4 is 0 Å². The Morgan fingerprint density at radius 2 is 1.69 bits per heavy atom. The maximum Gasteiger partial charge on any atom is 0.0834 e. The Bertz CT molecular complexity index is 144. The summed E-state index contributed by atoms with van der Waals surface area (Å²) >= 11 is 0. The molecule has 13 heavy (non-hydrogen) atoms. The van der Waals surface area contributed by atoms with E-state index in [4.69, 9.17) is 20.1 Å². The fourth-order valence-corrected chi connectivity index (χ4v) is 1.17. The number of aliphatic hydroxyl groups is 4. The summed E-state index contributed by atoms with van der Waals surface area (Å²) in [7, 11) is 0. The lowest BCUT2D eigenvalue weighted by Crippen LogP contribution is -2.45. The zero-order chi connectivity index (χ0) is 9.90. The maximum atomic E-state index is 9.61. The predicted octanol–water partition coefficient (Wildman–Crippen LogP) is -1.90. The van der Waals surface area contributed by atoms with Crippen molar-refractivity contribution in [3.63, 3.8) is 0 Å². The highest BCUT2D eigenvalue weighted by Crippen LogP contribution is 2.27. The van der Waals surface area contributed by atoms with Gasteiger partial charge in [0.15, 0.2) is 0 Å². The number of ether oxygens (including phenoxy) is 1. The van der Waals surface area contributed by atoms with E-state index >= 15 is 0 Å². The van der Waals surface area contributed by atoms with Crippen molar-refractivity contribution in [1.82, 2.24) is 0 Å². The summed E-state index contributed by atoms with van der Waals surface area (Å²) in [6, 6.07) is 0. The SMILES string of the molecule is OCC(CO)(CO)C(O)CC1CO1. The van der Waals surface area contributed by atoms with Crippen LogP contribution in [0.1, 0.15) is 6.42 Å². The zero-order valence-corrected chi connectivity index (χ0v) is 7.39. The molecule has 5 heteroatoms. The summed E-state index contributed by atoms with van der Waals surface area (Å²) in [5.74, 6) is 0. The molecule has 0 aromatic heterocycles. The molecule has 2 unspecified atom stereocenters. The molecule has 0 aliphatic carbocycles. The number of aliphatic hydroxyl groups excluding tert-OH is 4. The molecule has 1 saturated heterocycles. The van der Waals surface area contributed by atoms with Gasteiger partial charge in [-0.2, -0.15) is 0 Å². The first-order valence-corrected chi connectivity index (χ1v) is 4.31. The number of rotatable bonds is 6. The summed E-state index contributed by atoms with van der Waals surface area (Å²) in [6.45, 7) is -0.703. The van der Waals surface area contributed by atoms with Crippen LogP contribution in [-0.4, -0.2) is 59.1 Å². The number of hydrogen-bond donors (Lipinski definition) is 4. The van der Waals surface area contributed by atoms with Crippen LogP contribution in [0.15, 0.2) is 0 Å². The van der Waals surface area contributed by atoms with Gasteiger partial charge in [0.1, 0.15) is 0 Å². The van der Waals surface area contributed by atoms with Gasteiger partial charge in [0.2, 0.25) is 0 Å². The minimum absolute atomic E-state index is 0.0130. The molecule has 4 N–H and O–H groups in total. The van der Waals surface area contributed by atoms with Crippen molar-refractivity contribution in [1.29, 1.82) is 0 Å². The highest BCUT2D eigenvalue weighted by Gasteiger charge is 2.40. The van der Waals surface area contributed by atoms with Crippen LogP contribution in [0.25, 0.3) is 0 Å². The Labute approximate surface area is 76.6 Å². The average molecular weight is 192 g/mol. The summed E-state index contributed by atoms with van der Waals surface area (Å²) in [4.78, 5) is 0. The smallest absolute Gasteiger partial charge is 0.0834 e. The van der Waals surface area contributed by atoms with Gasteiger partial charge >= 0.3 is 0 Å². The molecule has 0 bridgehead atoms. The molecule has 0 amide bonds. The maximum absolute atomic E-state index is 9.61. The Morgan fingerprint density at radius 3 is 2.00 bits per heavy atom. The third-order valence-electron chi connectivity index (χ3n) is 2.54. The van der Waals surface area contributed by atoms with Crippen molar-refractivity contribution in [2.45, 2.75) is 18.6 Å². The number of hydrogen-bond acceptors (Lipinski definition) is 5. The van der Waals surface area contributed by atoms with Gasteiger partial charge in [-0.05, 0) is 0 Å². The van der Waals surface area contributed by atoms with Crippen LogP contribution in [0.5, 0.6) is 0 Å². The van der Waals surface area contributed by atoms with Crippen molar-refractivity contribution in [3.05, 3.63) is 0 Å². The summed E-state index contributed by atoms with van der Waals surface area (Å²) in [6.07, 6.45) is -0.569. The van der Waals surface area contributed by atoms with Crippen molar-refractivity contribution in [2.75, 3.05) is 26.4 Å². The molecular formula is C8H16O5. The zero-order valence-electron chi connectivity index (χ0n) is 7.39. The van der Waals surface area contributed by atoms with E-state index in [-0.39, 0.29) is 6.10 Å². The highest BCUT2D eigenvalue weighted by molar-refractivity contribution is 4.88. The first kappa shape index (κ1) is 10.9. The van der Waals surface area contributed by atoms with E-state index < -0.39 is 31.3 Å². The Hall–Kier alpha value is -0.200. The second kappa shape index (κ2) is 4.34. The van der Waals surface area contributed by atoms with Crippen molar-refractivity contribution in [2.24, 2.45) is 5.41 Å². The van der Waals surface area contributed by atoms with E-state index in [1.54, 1.807) is 0 Å². The van der Waals surface area contributed by atoms with Crippen LogP contribution in [0.4, 0.5) is 0 Å². The van der Waals surface area contributed by atoms with Crippen LogP contribution in [-0.2, 0) is 4.74 Å². The van der Waals surface area contributed by atoms with Crippen LogP contribution in [0.2, 0.25) is 0 Å². The van der Waals surface area contributed by atoms with E-state index in [9.17, 15) is 5.11 Å². The fraction of sp³-hybridized carbons (Fsp3) is 1.00. The molecule has 1 aliphatic heterocycles. The normalized spacial score (nSPS) is 24.5.